The number of nitrogens with zero attached hydrogens (tertiary/aromatic N) is 3. The van der Waals surface area contributed by atoms with Crippen molar-refractivity contribution in [1.29, 1.82) is 0 Å². The number of ether oxygens (including phenoxy) is 1. The zero-order valence-electron chi connectivity index (χ0n) is 12.2. The molecule has 3 aromatic rings. The van der Waals surface area contributed by atoms with E-state index in [1.807, 2.05) is 6.07 Å². The van der Waals surface area contributed by atoms with Gasteiger partial charge in [-0.25, -0.2) is 9.97 Å². The van der Waals surface area contributed by atoms with Gasteiger partial charge in [-0.1, -0.05) is 12.1 Å². The van der Waals surface area contributed by atoms with Crippen molar-refractivity contribution in [2.24, 2.45) is 0 Å². The third-order valence-electron chi connectivity index (χ3n) is 3.84. The van der Waals surface area contributed by atoms with Gasteiger partial charge >= 0.3 is 6.18 Å². The molecule has 0 amide bonds. The van der Waals surface area contributed by atoms with Gasteiger partial charge in [-0.15, -0.1) is 0 Å². The summed E-state index contributed by atoms with van der Waals surface area (Å²) in [4.78, 5) is 8.55. The Bertz CT molecular complexity index is 915. The molecule has 0 saturated heterocycles. The maximum Gasteiger partial charge on any atom is 0.418 e. The molecule has 118 valence electrons. The Morgan fingerprint density at radius 3 is 2.74 bits per heavy atom. The molecule has 1 aliphatic heterocycles. The van der Waals surface area contributed by atoms with E-state index < -0.39 is 11.7 Å². The first-order valence-electron chi connectivity index (χ1n) is 7.12. The van der Waals surface area contributed by atoms with Gasteiger partial charge in [-0.05, 0) is 25.1 Å². The van der Waals surface area contributed by atoms with E-state index in [0.717, 1.165) is 6.07 Å². The van der Waals surface area contributed by atoms with Crippen LogP contribution in [-0.4, -0.2) is 21.1 Å². The second kappa shape index (κ2) is 4.71. The molecule has 1 aliphatic rings. The lowest BCUT2D eigenvalue weighted by Crippen LogP contribution is -2.09. The molecule has 0 bridgehead atoms. The number of imidazole rings is 1. The minimum atomic E-state index is -4.47. The predicted octanol–water partition coefficient (Wildman–Crippen LogP) is 3.82. The van der Waals surface area contributed by atoms with Crippen LogP contribution in [-0.2, 0) is 12.7 Å². The summed E-state index contributed by atoms with van der Waals surface area (Å²) >= 11 is 0. The number of rotatable bonds is 0. The molecule has 1 aromatic carbocycles. The minimum Gasteiger partial charge on any atom is -0.491 e. The van der Waals surface area contributed by atoms with Crippen molar-refractivity contribution in [2.75, 3.05) is 6.61 Å². The molecule has 23 heavy (non-hydrogen) atoms. The highest BCUT2D eigenvalue weighted by Crippen LogP contribution is 2.38. The van der Waals surface area contributed by atoms with Crippen molar-refractivity contribution in [3.63, 3.8) is 0 Å². The van der Waals surface area contributed by atoms with Gasteiger partial charge in [0.2, 0.25) is 0 Å². The van der Waals surface area contributed by atoms with Crippen LogP contribution in [0.2, 0.25) is 0 Å². The number of pyridine rings is 1. The van der Waals surface area contributed by atoms with Crippen molar-refractivity contribution >= 4 is 11.2 Å². The van der Waals surface area contributed by atoms with Crippen LogP contribution >= 0.6 is 0 Å². The minimum absolute atomic E-state index is 0.116. The molecule has 0 fully saturated rings. The third-order valence-corrected chi connectivity index (χ3v) is 3.84. The second-order valence-corrected chi connectivity index (χ2v) is 5.41. The van der Waals surface area contributed by atoms with Crippen molar-refractivity contribution < 1.29 is 17.9 Å². The van der Waals surface area contributed by atoms with Gasteiger partial charge in [-0.2, -0.15) is 13.2 Å². The Morgan fingerprint density at radius 1 is 1.17 bits per heavy atom. The molecule has 0 aliphatic carbocycles. The molecule has 4 rings (SSSR count). The number of fused-ring (bicyclic) bond motifs is 5. The maximum absolute atomic E-state index is 13.3. The number of alkyl halides is 3. The molecule has 0 unspecified atom stereocenters. The summed E-state index contributed by atoms with van der Waals surface area (Å²) in [5.41, 5.74) is 0.362. The predicted molar refractivity (Wildman–Crippen MR) is 78.2 cm³/mol. The lowest BCUT2D eigenvalue weighted by molar-refractivity contribution is -0.136. The highest BCUT2D eigenvalue weighted by molar-refractivity contribution is 5.82. The van der Waals surface area contributed by atoms with E-state index >= 15 is 0 Å². The van der Waals surface area contributed by atoms with Gasteiger partial charge in [0.05, 0.1) is 17.7 Å². The molecule has 2 aromatic heterocycles. The summed E-state index contributed by atoms with van der Waals surface area (Å²) in [6.45, 7) is 2.30. The summed E-state index contributed by atoms with van der Waals surface area (Å²) in [5, 5.41) is 0. The Kier molecular flexibility index (Phi) is 2.88. The lowest BCUT2D eigenvalue weighted by atomic mass is 10.2. The average Bonchev–Trinajstić information content (AvgIpc) is 2.74. The monoisotopic (exact) mass is 319 g/mol. The number of para-hydroxylation sites is 1. The Labute approximate surface area is 129 Å². The van der Waals surface area contributed by atoms with Gasteiger partial charge in [0.25, 0.3) is 0 Å². The maximum atomic E-state index is 13.3. The van der Waals surface area contributed by atoms with Crippen LogP contribution in [0.5, 0.6) is 5.75 Å². The summed E-state index contributed by atoms with van der Waals surface area (Å²) in [5.74, 6) is 1.07. The van der Waals surface area contributed by atoms with Gasteiger partial charge in [0, 0.05) is 5.69 Å². The molecular weight excluding hydrogens is 307 g/mol. The van der Waals surface area contributed by atoms with Crippen LogP contribution in [0.3, 0.4) is 0 Å². The molecule has 0 radical (unpaired) electrons. The highest BCUT2D eigenvalue weighted by Gasteiger charge is 2.36. The van der Waals surface area contributed by atoms with Crippen molar-refractivity contribution in [2.45, 2.75) is 19.6 Å². The van der Waals surface area contributed by atoms with E-state index in [9.17, 15) is 13.2 Å². The molecule has 0 saturated carbocycles. The fourth-order valence-electron chi connectivity index (χ4n) is 2.87. The summed E-state index contributed by atoms with van der Waals surface area (Å²) in [6.07, 6.45) is -4.47. The number of halogens is 3. The van der Waals surface area contributed by atoms with E-state index in [-0.39, 0.29) is 11.2 Å². The van der Waals surface area contributed by atoms with Crippen LogP contribution in [0, 0.1) is 6.92 Å². The molecule has 0 atom stereocenters. The first-order valence-corrected chi connectivity index (χ1v) is 7.12. The van der Waals surface area contributed by atoms with E-state index in [1.54, 1.807) is 29.7 Å². The molecule has 4 nitrogen and oxygen atoms in total. The largest absolute Gasteiger partial charge is 0.491 e. The Morgan fingerprint density at radius 2 is 1.96 bits per heavy atom. The normalized spacial score (nSPS) is 14.1. The lowest BCUT2D eigenvalue weighted by Gasteiger charge is -2.09. The smallest absolute Gasteiger partial charge is 0.418 e. The van der Waals surface area contributed by atoms with Gasteiger partial charge in [0.1, 0.15) is 23.7 Å². The zero-order chi connectivity index (χ0) is 16.2. The van der Waals surface area contributed by atoms with Gasteiger partial charge < -0.3 is 9.30 Å². The van der Waals surface area contributed by atoms with Crippen LogP contribution in [0.1, 0.15) is 11.3 Å². The quantitative estimate of drug-likeness (QED) is 0.632. The number of hydrogen-bond acceptors (Lipinski definition) is 3. The molecule has 3 heterocycles. The number of hydrogen-bond donors (Lipinski definition) is 0. The molecule has 0 N–H and O–H groups in total. The van der Waals surface area contributed by atoms with Crippen molar-refractivity contribution in [3.8, 4) is 17.1 Å². The molecule has 7 heteroatoms. The standard InChI is InChI=1S/C16H12F3N3O/c1-9-8-11(16(17,18)19)13-15(20-9)22-6-7-23-12-5-3-2-4-10(12)14(22)21-13/h2-5,8H,6-7H2,1H3. The Hall–Kier alpha value is -2.57. The Balaban J connectivity index is 2.09. The fraction of sp³-hybridized carbons (Fsp3) is 0.250. The summed E-state index contributed by atoms with van der Waals surface area (Å²) in [7, 11) is 0. The third kappa shape index (κ3) is 2.15. The van der Waals surface area contributed by atoms with Crippen LogP contribution < -0.4 is 4.74 Å². The van der Waals surface area contributed by atoms with E-state index in [1.165, 1.54) is 0 Å². The van der Waals surface area contributed by atoms with Gasteiger partial charge in [0.15, 0.2) is 5.65 Å². The zero-order valence-corrected chi connectivity index (χ0v) is 12.2. The summed E-state index contributed by atoms with van der Waals surface area (Å²) < 4.78 is 47.4. The van der Waals surface area contributed by atoms with Gasteiger partial charge in [-0.3, -0.25) is 0 Å². The van der Waals surface area contributed by atoms with Crippen LogP contribution in [0.15, 0.2) is 30.3 Å². The molecular formula is C16H12F3N3O. The number of aromatic nitrogens is 3. The summed E-state index contributed by atoms with van der Waals surface area (Å²) in [6, 6.07) is 8.24. The fourth-order valence-corrected chi connectivity index (χ4v) is 2.87. The first-order chi connectivity index (χ1) is 10.9. The highest BCUT2D eigenvalue weighted by atomic mass is 19.4. The molecule has 0 spiro atoms. The van der Waals surface area contributed by atoms with Crippen molar-refractivity contribution in [1.82, 2.24) is 14.5 Å². The number of benzene rings is 1. The average molecular weight is 319 g/mol. The first kappa shape index (κ1) is 14.0. The topological polar surface area (TPSA) is 39.9 Å². The van der Waals surface area contributed by atoms with Crippen molar-refractivity contribution in [3.05, 3.63) is 41.6 Å². The van der Waals surface area contributed by atoms with E-state index in [2.05, 4.69) is 9.97 Å². The van der Waals surface area contributed by atoms with E-state index in [4.69, 9.17) is 4.74 Å². The van der Waals surface area contributed by atoms with E-state index in [0.29, 0.717) is 36.0 Å². The SMILES string of the molecule is Cc1cc(C(F)(F)F)c2nc3n(c2n1)CCOc1ccccc1-3. The van der Waals surface area contributed by atoms with Crippen LogP contribution in [0.4, 0.5) is 13.2 Å². The number of aryl methyl sites for hydroxylation is 1. The van der Waals surface area contributed by atoms with Crippen LogP contribution in [0.25, 0.3) is 22.6 Å². The second-order valence-electron chi connectivity index (χ2n) is 5.41.